The molecular weight excluding hydrogens is 380 g/mol. The molecule has 5 nitrogen and oxygen atoms in total. The third-order valence-electron chi connectivity index (χ3n) is 4.57. The fourth-order valence-electron chi connectivity index (χ4n) is 3.24. The highest BCUT2D eigenvalue weighted by atomic mass is 32.2. The van der Waals surface area contributed by atoms with Crippen LogP contribution in [0.4, 0.5) is 0 Å². The first-order chi connectivity index (χ1) is 14.4. The van der Waals surface area contributed by atoms with Crippen molar-refractivity contribution in [3.05, 3.63) is 84.9 Å². The number of thioether (sulfide) groups is 1. The number of nitrogens with zero attached hydrogens (tertiary/aromatic N) is 4. The van der Waals surface area contributed by atoms with Crippen molar-refractivity contribution >= 4 is 28.3 Å². The van der Waals surface area contributed by atoms with E-state index in [4.69, 9.17) is 9.72 Å². The lowest BCUT2D eigenvalue weighted by molar-refractivity contribution is 0.344. The Morgan fingerprint density at radius 2 is 1.52 bits per heavy atom. The molecule has 0 bridgehead atoms. The van der Waals surface area contributed by atoms with Gasteiger partial charge in [-0.2, -0.15) is 0 Å². The van der Waals surface area contributed by atoms with Gasteiger partial charge in [0.1, 0.15) is 11.6 Å². The van der Waals surface area contributed by atoms with Crippen molar-refractivity contribution < 1.29 is 4.74 Å². The number of benzene rings is 3. The van der Waals surface area contributed by atoms with Crippen LogP contribution in [0.1, 0.15) is 0 Å². The van der Waals surface area contributed by atoms with E-state index in [0.29, 0.717) is 6.61 Å². The minimum atomic E-state index is 0.589. The monoisotopic (exact) mass is 398 g/mol. The quantitative estimate of drug-likeness (QED) is 0.294. The summed E-state index contributed by atoms with van der Waals surface area (Å²) < 4.78 is 7.85. The largest absolute Gasteiger partial charge is 0.493 e. The van der Waals surface area contributed by atoms with E-state index in [2.05, 4.69) is 22.3 Å². The van der Waals surface area contributed by atoms with E-state index in [1.165, 1.54) is 0 Å². The van der Waals surface area contributed by atoms with Crippen molar-refractivity contribution in [3.63, 3.8) is 0 Å². The topological polar surface area (TPSA) is 52.3 Å². The molecule has 0 atom stereocenters. The molecule has 0 aliphatic rings. The molecule has 0 aliphatic carbocycles. The van der Waals surface area contributed by atoms with Crippen LogP contribution in [-0.2, 0) is 0 Å². The first-order valence-corrected chi connectivity index (χ1v) is 10.4. The van der Waals surface area contributed by atoms with E-state index in [1.54, 1.807) is 11.8 Å². The first-order valence-electron chi connectivity index (χ1n) is 9.40. The summed E-state index contributed by atoms with van der Waals surface area (Å²) >= 11 is 1.62. The lowest BCUT2D eigenvalue weighted by Crippen LogP contribution is -2.03. The van der Waals surface area contributed by atoms with Crippen molar-refractivity contribution in [2.45, 2.75) is 5.16 Å². The molecule has 0 amide bonds. The number of hydrogen-bond acceptors (Lipinski definition) is 5. The summed E-state index contributed by atoms with van der Waals surface area (Å²) in [7, 11) is 0. The summed E-state index contributed by atoms with van der Waals surface area (Å²) in [5, 5.41) is 10.7. The van der Waals surface area contributed by atoms with E-state index in [9.17, 15) is 0 Å². The molecule has 5 rings (SSSR count). The van der Waals surface area contributed by atoms with Crippen LogP contribution in [0.25, 0.3) is 27.9 Å². The second kappa shape index (κ2) is 7.93. The van der Waals surface area contributed by atoms with Gasteiger partial charge >= 0.3 is 0 Å². The zero-order valence-electron chi connectivity index (χ0n) is 15.6. The van der Waals surface area contributed by atoms with Gasteiger partial charge in [-0.3, -0.25) is 4.40 Å². The molecule has 0 spiro atoms. The number of aromatic nitrogens is 4. The Bertz CT molecular complexity index is 1260. The van der Waals surface area contributed by atoms with Crippen LogP contribution < -0.4 is 4.74 Å². The summed E-state index contributed by atoms with van der Waals surface area (Å²) in [5.41, 5.74) is 2.77. The summed E-state index contributed by atoms with van der Waals surface area (Å²) in [6.45, 7) is 0.589. The molecule has 3 aromatic carbocycles. The van der Waals surface area contributed by atoms with Crippen LogP contribution in [0.3, 0.4) is 0 Å². The molecular formula is C23H18N4OS. The van der Waals surface area contributed by atoms with Gasteiger partial charge in [0.15, 0.2) is 10.8 Å². The zero-order chi connectivity index (χ0) is 19.5. The molecule has 0 N–H and O–H groups in total. The molecule has 2 heterocycles. The van der Waals surface area contributed by atoms with Crippen LogP contribution in [0.15, 0.2) is 90.1 Å². The van der Waals surface area contributed by atoms with E-state index in [-0.39, 0.29) is 0 Å². The predicted octanol–water partition coefficient (Wildman–Crippen LogP) is 5.12. The van der Waals surface area contributed by atoms with Crippen molar-refractivity contribution in [2.75, 3.05) is 12.4 Å². The summed E-state index contributed by atoms with van der Waals surface area (Å²) in [6.07, 6.45) is 0. The van der Waals surface area contributed by atoms with Crippen LogP contribution in [0.2, 0.25) is 0 Å². The molecule has 0 saturated carbocycles. The Morgan fingerprint density at radius 3 is 2.34 bits per heavy atom. The van der Waals surface area contributed by atoms with E-state index >= 15 is 0 Å². The Morgan fingerprint density at radius 1 is 0.793 bits per heavy atom. The lowest BCUT2D eigenvalue weighted by Gasteiger charge is -2.10. The maximum Gasteiger partial charge on any atom is 0.197 e. The number of hydrogen-bond donors (Lipinski definition) is 0. The van der Waals surface area contributed by atoms with Crippen LogP contribution >= 0.6 is 11.8 Å². The summed E-state index contributed by atoms with van der Waals surface area (Å²) in [4.78, 5) is 4.92. The molecule has 5 aromatic rings. The van der Waals surface area contributed by atoms with Gasteiger partial charge in [-0.05, 0) is 24.3 Å². The fraction of sp³-hybridized carbons (Fsp3) is 0.0870. The number of para-hydroxylation sites is 2. The SMILES string of the molecule is c1ccc(OCCSc2nnc3c4ccccc4nc(-c4ccccc4)n23)cc1. The van der Waals surface area contributed by atoms with Crippen molar-refractivity contribution in [2.24, 2.45) is 0 Å². The smallest absolute Gasteiger partial charge is 0.197 e. The maximum atomic E-state index is 5.81. The Hall–Kier alpha value is -3.38. The second-order valence-electron chi connectivity index (χ2n) is 6.47. The molecule has 0 fully saturated rings. The number of ether oxygens (including phenoxy) is 1. The van der Waals surface area contributed by atoms with Gasteiger partial charge in [0.25, 0.3) is 0 Å². The van der Waals surface area contributed by atoms with E-state index < -0.39 is 0 Å². The molecule has 0 saturated heterocycles. The Balaban J connectivity index is 1.50. The maximum absolute atomic E-state index is 5.81. The van der Waals surface area contributed by atoms with Gasteiger partial charge in [-0.1, -0.05) is 72.4 Å². The number of fused-ring (bicyclic) bond motifs is 3. The van der Waals surface area contributed by atoms with E-state index in [1.807, 2.05) is 77.2 Å². The average molecular weight is 398 g/mol. The number of rotatable bonds is 6. The molecule has 0 unspecified atom stereocenters. The second-order valence-corrected chi connectivity index (χ2v) is 7.53. The van der Waals surface area contributed by atoms with Gasteiger partial charge in [0.05, 0.1) is 12.1 Å². The minimum Gasteiger partial charge on any atom is -0.493 e. The summed E-state index contributed by atoms with van der Waals surface area (Å²) in [6, 6.07) is 28.0. The van der Waals surface area contributed by atoms with Crippen LogP contribution in [0.5, 0.6) is 5.75 Å². The fourth-order valence-corrected chi connectivity index (χ4v) is 3.99. The van der Waals surface area contributed by atoms with Crippen molar-refractivity contribution in [3.8, 4) is 17.1 Å². The molecule has 29 heavy (non-hydrogen) atoms. The van der Waals surface area contributed by atoms with E-state index in [0.717, 1.165) is 44.6 Å². The minimum absolute atomic E-state index is 0.589. The lowest BCUT2D eigenvalue weighted by atomic mass is 10.2. The normalized spacial score (nSPS) is 11.2. The molecule has 2 aromatic heterocycles. The van der Waals surface area contributed by atoms with Gasteiger partial charge in [0, 0.05) is 16.7 Å². The summed E-state index contributed by atoms with van der Waals surface area (Å²) in [5.74, 6) is 2.48. The Labute approximate surface area is 172 Å². The van der Waals surface area contributed by atoms with Gasteiger partial charge in [-0.15, -0.1) is 10.2 Å². The highest BCUT2D eigenvalue weighted by Crippen LogP contribution is 2.28. The standard InChI is InChI=1S/C23H18N4OS/c1-3-9-17(10-4-1)21-24-20-14-8-7-13-19(20)22-25-26-23(27(21)22)29-16-15-28-18-11-5-2-6-12-18/h1-14H,15-16H2. The molecule has 6 heteroatoms. The van der Waals surface area contributed by atoms with Crippen LogP contribution in [0, 0.1) is 0 Å². The molecule has 0 radical (unpaired) electrons. The zero-order valence-corrected chi connectivity index (χ0v) is 16.4. The Kier molecular flexibility index (Phi) is 4.84. The van der Waals surface area contributed by atoms with Crippen molar-refractivity contribution in [1.29, 1.82) is 0 Å². The molecule has 0 aliphatic heterocycles. The van der Waals surface area contributed by atoms with Gasteiger partial charge < -0.3 is 4.74 Å². The van der Waals surface area contributed by atoms with Crippen molar-refractivity contribution in [1.82, 2.24) is 19.6 Å². The molecule has 142 valence electrons. The predicted molar refractivity (Wildman–Crippen MR) is 116 cm³/mol. The highest BCUT2D eigenvalue weighted by molar-refractivity contribution is 7.99. The first kappa shape index (κ1) is 17.7. The third-order valence-corrected chi connectivity index (χ3v) is 5.47. The highest BCUT2D eigenvalue weighted by Gasteiger charge is 2.16. The van der Waals surface area contributed by atoms with Gasteiger partial charge in [0.2, 0.25) is 0 Å². The third kappa shape index (κ3) is 3.54. The average Bonchev–Trinajstić information content (AvgIpc) is 3.22. The van der Waals surface area contributed by atoms with Gasteiger partial charge in [-0.25, -0.2) is 4.98 Å². The van der Waals surface area contributed by atoms with Crippen LogP contribution in [-0.4, -0.2) is 31.9 Å².